The van der Waals surface area contributed by atoms with E-state index in [4.69, 9.17) is 16.3 Å². The van der Waals surface area contributed by atoms with Crippen molar-refractivity contribution >= 4 is 50.2 Å². The normalized spacial score (nSPS) is 17.5. The summed E-state index contributed by atoms with van der Waals surface area (Å²) in [6.07, 6.45) is 1.90. The number of halogens is 1. The first-order valence-electron chi connectivity index (χ1n) is 8.49. The molecule has 0 spiro atoms. The fourth-order valence-corrected chi connectivity index (χ4v) is 6.38. The highest BCUT2D eigenvalue weighted by Gasteiger charge is 2.28. The predicted octanol–water partition coefficient (Wildman–Crippen LogP) is 3.29. The van der Waals surface area contributed by atoms with Crippen LogP contribution in [0.25, 0.3) is 0 Å². The number of sulfonamides is 1. The molecule has 2 aromatic heterocycles. The SMILES string of the molecule is CN(CC(=O)N(Cc1cccs1)CC1CCCO1)S(=O)(=O)c1ccc(Cl)s1. The lowest BCUT2D eigenvalue weighted by atomic mass is 10.2. The van der Waals surface area contributed by atoms with Crippen LogP contribution in [0, 0.1) is 0 Å². The zero-order chi connectivity index (χ0) is 19.4. The first kappa shape index (κ1) is 20.8. The van der Waals surface area contributed by atoms with Crippen molar-refractivity contribution in [2.45, 2.75) is 29.7 Å². The maximum Gasteiger partial charge on any atom is 0.252 e. The summed E-state index contributed by atoms with van der Waals surface area (Å²) in [6, 6.07) is 6.90. The molecule has 2 aromatic rings. The average Bonchev–Trinajstić information content (AvgIpc) is 3.36. The molecule has 0 bridgehead atoms. The molecule has 1 amide bonds. The molecule has 1 aliphatic rings. The van der Waals surface area contributed by atoms with Crippen molar-refractivity contribution in [3.8, 4) is 0 Å². The molecule has 1 atom stereocenters. The summed E-state index contributed by atoms with van der Waals surface area (Å²) in [5, 5.41) is 1.96. The molecular weight excluding hydrogens is 428 g/mol. The zero-order valence-corrected chi connectivity index (χ0v) is 18.0. The summed E-state index contributed by atoms with van der Waals surface area (Å²) in [6.45, 7) is 1.40. The summed E-state index contributed by atoms with van der Waals surface area (Å²) in [7, 11) is -2.33. The number of likely N-dealkylation sites (N-methyl/N-ethyl adjacent to an activating group) is 1. The zero-order valence-electron chi connectivity index (χ0n) is 14.8. The lowest BCUT2D eigenvalue weighted by molar-refractivity contribution is -0.133. The van der Waals surface area contributed by atoms with E-state index < -0.39 is 10.0 Å². The van der Waals surface area contributed by atoms with E-state index in [-0.39, 0.29) is 22.8 Å². The Morgan fingerprint density at radius 1 is 1.37 bits per heavy atom. The average molecular weight is 449 g/mol. The molecule has 3 heterocycles. The van der Waals surface area contributed by atoms with Crippen LogP contribution in [-0.4, -0.2) is 56.4 Å². The van der Waals surface area contributed by atoms with Crippen LogP contribution in [0.1, 0.15) is 17.7 Å². The van der Waals surface area contributed by atoms with Crippen molar-refractivity contribution in [2.24, 2.45) is 0 Å². The van der Waals surface area contributed by atoms with E-state index in [9.17, 15) is 13.2 Å². The summed E-state index contributed by atoms with van der Waals surface area (Å²) in [5.41, 5.74) is 0. The number of nitrogens with zero attached hydrogens (tertiary/aromatic N) is 2. The highest BCUT2D eigenvalue weighted by atomic mass is 35.5. The molecule has 0 saturated carbocycles. The molecule has 27 heavy (non-hydrogen) atoms. The van der Waals surface area contributed by atoms with Gasteiger partial charge in [-0.25, -0.2) is 8.42 Å². The summed E-state index contributed by atoms with van der Waals surface area (Å²) < 4.78 is 32.6. The standard InChI is InChI=1S/C17H21ClN2O4S3/c1-19(27(22,23)17-7-6-15(18)26-17)12-16(21)20(10-13-4-2-8-24-13)11-14-5-3-9-25-14/h3,5-7,9,13H,2,4,8,10-12H2,1H3. The lowest BCUT2D eigenvalue weighted by Gasteiger charge is -2.27. The van der Waals surface area contributed by atoms with Crippen LogP contribution in [0.3, 0.4) is 0 Å². The van der Waals surface area contributed by atoms with Gasteiger partial charge in [0.25, 0.3) is 10.0 Å². The van der Waals surface area contributed by atoms with E-state index in [1.165, 1.54) is 19.2 Å². The first-order valence-corrected chi connectivity index (χ1v) is 12.0. The van der Waals surface area contributed by atoms with Crippen molar-refractivity contribution in [1.29, 1.82) is 0 Å². The monoisotopic (exact) mass is 448 g/mol. The second-order valence-corrected chi connectivity index (χ2v) is 11.3. The molecule has 1 unspecified atom stereocenters. The Hall–Kier alpha value is -0.970. The van der Waals surface area contributed by atoms with E-state index >= 15 is 0 Å². The summed E-state index contributed by atoms with van der Waals surface area (Å²) in [5.74, 6) is -0.243. The van der Waals surface area contributed by atoms with Crippen LogP contribution in [0.15, 0.2) is 33.9 Å². The Morgan fingerprint density at radius 2 is 2.19 bits per heavy atom. The van der Waals surface area contributed by atoms with E-state index in [1.54, 1.807) is 16.2 Å². The topological polar surface area (TPSA) is 66.9 Å². The van der Waals surface area contributed by atoms with Crippen molar-refractivity contribution in [1.82, 2.24) is 9.21 Å². The Bertz CT molecular complexity index is 861. The molecule has 0 N–H and O–H groups in total. The molecule has 10 heteroatoms. The van der Waals surface area contributed by atoms with Gasteiger partial charge < -0.3 is 9.64 Å². The smallest absolute Gasteiger partial charge is 0.252 e. The highest BCUT2D eigenvalue weighted by molar-refractivity contribution is 7.91. The minimum Gasteiger partial charge on any atom is -0.376 e. The Labute approximate surface area is 172 Å². The molecule has 1 fully saturated rings. The second kappa shape index (κ2) is 9.02. The first-order chi connectivity index (χ1) is 12.9. The third-order valence-electron chi connectivity index (χ3n) is 4.30. The number of thiophene rings is 2. The van der Waals surface area contributed by atoms with E-state index in [0.29, 0.717) is 24.0 Å². The van der Waals surface area contributed by atoms with Crippen molar-refractivity contribution in [3.05, 3.63) is 38.9 Å². The molecule has 0 aliphatic carbocycles. The molecule has 1 saturated heterocycles. The van der Waals surface area contributed by atoms with E-state index in [1.807, 2.05) is 17.5 Å². The van der Waals surface area contributed by atoms with Crippen LogP contribution in [0.4, 0.5) is 0 Å². The number of amides is 1. The number of ether oxygens (including phenoxy) is 1. The number of carbonyl (C=O) groups excluding carboxylic acids is 1. The largest absolute Gasteiger partial charge is 0.376 e. The van der Waals surface area contributed by atoms with Gasteiger partial charge in [0.2, 0.25) is 5.91 Å². The molecule has 3 rings (SSSR count). The summed E-state index contributed by atoms with van der Waals surface area (Å²) >= 11 is 8.40. The Balaban J connectivity index is 1.70. The number of hydrogen-bond donors (Lipinski definition) is 0. The molecule has 1 aliphatic heterocycles. The number of hydrogen-bond acceptors (Lipinski definition) is 6. The van der Waals surface area contributed by atoms with Gasteiger partial charge in [-0.2, -0.15) is 4.31 Å². The van der Waals surface area contributed by atoms with Gasteiger partial charge in [0.1, 0.15) is 4.21 Å². The van der Waals surface area contributed by atoms with Crippen LogP contribution in [0.5, 0.6) is 0 Å². The maximum atomic E-state index is 12.9. The number of rotatable bonds is 8. The van der Waals surface area contributed by atoms with E-state index in [0.717, 1.165) is 33.4 Å². The molecule has 6 nitrogen and oxygen atoms in total. The third kappa shape index (κ3) is 5.30. The van der Waals surface area contributed by atoms with Gasteiger partial charge in [0.05, 0.1) is 23.5 Å². The van der Waals surface area contributed by atoms with Gasteiger partial charge in [0.15, 0.2) is 0 Å². The van der Waals surface area contributed by atoms with Gasteiger partial charge in [0, 0.05) is 25.1 Å². The van der Waals surface area contributed by atoms with Crippen LogP contribution >= 0.6 is 34.3 Å². The summed E-state index contributed by atoms with van der Waals surface area (Å²) in [4.78, 5) is 15.6. The Morgan fingerprint density at radius 3 is 2.78 bits per heavy atom. The second-order valence-electron chi connectivity index (χ2n) is 6.31. The van der Waals surface area contributed by atoms with Crippen LogP contribution in [-0.2, 0) is 26.1 Å². The Kier molecular flexibility index (Phi) is 6.93. The van der Waals surface area contributed by atoms with Crippen molar-refractivity contribution in [3.63, 3.8) is 0 Å². The highest BCUT2D eigenvalue weighted by Crippen LogP contribution is 2.27. The predicted molar refractivity (Wildman–Crippen MR) is 108 cm³/mol. The van der Waals surface area contributed by atoms with Gasteiger partial charge in [-0.15, -0.1) is 22.7 Å². The lowest BCUT2D eigenvalue weighted by Crippen LogP contribution is -2.43. The van der Waals surface area contributed by atoms with Gasteiger partial charge in [-0.3, -0.25) is 4.79 Å². The number of carbonyl (C=O) groups is 1. The van der Waals surface area contributed by atoms with E-state index in [2.05, 4.69) is 0 Å². The molecule has 0 aromatic carbocycles. The van der Waals surface area contributed by atoms with Crippen LogP contribution in [0.2, 0.25) is 4.34 Å². The third-order valence-corrected chi connectivity index (χ3v) is 8.66. The van der Waals surface area contributed by atoms with Gasteiger partial charge in [-0.05, 0) is 36.4 Å². The van der Waals surface area contributed by atoms with Crippen molar-refractivity contribution in [2.75, 3.05) is 26.7 Å². The molecule has 0 radical (unpaired) electrons. The van der Waals surface area contributed by atoms with Gasteiger partial charge in [-0.1, -0.05) is 17.7 Å². The maximum absolute atomic E-state index is 12.9. The molecule has 148 valence electrons. The van der Waals surface area contributed by atoms with Crippen molar-refractivity contribution < 1.29 is 17.9 Å². The fraction of sp³-hybridized carbons (Fsp3) is 0.471. The fourth-order valence-electron chi connectivity index (χ4n) is 2.84. The quantitative estimate of drug-likeness (QED) is 0.621. The minimum absolute atomic E-state index is 0.00641. The van der Waals surface area contributed by atoms with Gasteiger partial charge >= 0.3 is 0 Å². The molecular formula is C17H21ClN2O4S3. The minimum atomic E-state index is -3.74. The van der Waals surface area contributed by atoms with Crippen LogP contribution < -0.4 is 0 Å².